The number of rotatable bonds is 3. The number of nitrogens with two attached hydrogens (primary N) is 1. The number of carbonyl (C=O) groups is 1. The van der Waals surface area contributed by atoms with Crippen LogP contribution in [0, 0.1) is 0 Å². The van der Waals surface area contributed by atoms with Crippen LogP contribution in [0.25, 0.3) is 33.0 Å². The Morgan fingerprint density at radius 2 is 1.16 bits per heavy atom. The van der Waals surface area contributed by atoms with Crippen molar-refractivity contribution < 1.29 is 4.79 Å². The highest BCUT2D eigenvalue weighted by Crippen LogP contribution is 2.40. The smallest absolute Gasteiger partial charge is 0.249 e. The van der Waals surface area contributed by atoms with E-state index in [1.54, 1.807) is 0 Å². The molecule has 2 heteroatoms. The molecule has 2 N–H and O–H groups in total. The number of benzene rings is 4. The number of primary amides is 1. The SMILES string of the molecule is NC(=O)c1cc2ccccc2c(-c2ccccc2)c1-c1ccccc1. The molecule has 0 unspecified atom stereocenters. The zero-order valence-corrected chi connectivity index (χ0v) is 13.6. The molecule has 0 radical (unpaired) electrons. The van der Waals surface area contributed by atoms with Gasteiger partial charge in [0.15, 0.2) is 0 Å². The molecule has 0 aliphatic carbocycles. The first kappa shape index (κ1) is 15.2. The zero-order chi connectivity index (χ0) is 17.2. The van der Waals surface area contributed by atoms with Crippen molar-refractivity contribution in [3.8, 4) is 22.3 Å². The molecular weight excluding hydrogens is 306 g/mol. The van der Waals surface area contributed by atoms with Crippen molar-refractivity contribution in [2.75, 3.05) is 0 Å². The van der Waals surface area contributed by atoms with E-state index in [9.17, 15) is 4.79 Å². The summed E-state index contributed by atoms with van der Waals surface area (Å²) in [7, 11) is 0. The van der Waals surface area contributed by atoms with E-state index in [0.29, 0.717) is 5.56 Å². The van der Waals surface area contributed by atoms with E-state index in [4.69, 9.17) is 5.73 Å². The molecule has 0 aromatic heterocycles. The number of fused-ring (bicyclic) bond motifs is 1. The molecule has 0 spiro atoms. The normalized spacial score (nSPS) is 10.7. The summed E-state index contributed by atoms with van der Waals surface area (Å²) in [5.41, 5.74) is 10.3. The van der Waals surface area contributed by atoms with Gasteiger partial charge >= 0.3 is 0 Å². The summed E-state index contributed by atoms with van der Waals surface area (Å²) in [6.07, 6.45) is 0. The third kappa shape index (κ3) is 2.68. The van der Waals surface area contributed by atoms with Gasteiger partial charge in [-0.3, -0.25) is 4.79 Å². The van der Waals surface area contributed by atoms with Gasteiger partial charge in [-0.05, 0) is 33.5 Å². The van der Waals surface area contributed by atoms with Gasteiger partial charge in [0.05, 0.1) is 0 Å². The van der Waals surface area contributed by atoms with Crippen molar-refractivity contribution in [1.29, 1.82) is 0 Å². The average molecular weight is 323 g/mol. The predicted octanol–water partition coefficient (Wildman–Crippen LogP) is 5.27. The van der Waals surface area contributed by atoms with Gasteiger partial charge in [0.2, 0.25) is 5.91 Å². The van der Waals surface area contributed by atoms with Gasteiger partial charge in [0.1, 0.15) is 0 Å². The third-order valence-electron chi connectivity index (χ3n) is 4.44. The molecule has 25 heavy (non-hydrogen) atoms. The molecule has 0 aliphatic heterocycles. The van der Waals surface area contributed by atoms with E-state index in [1.165, 1.54) is 0 Å². The molecule has 0 saturated heterocycles. The van der Waals surface area contributed by atoms with Crippen molar-refractivity contribution in [3.05, 3.63) is 96.6 Å². The maximum atomic E-state index is 12.2. The minimum absolute atomic E-state index is 0.415. The van der Waals surface area contributed by atoms with Gasteiger partial charge in [0.25, 0.3) is 0 Å². The second-order valence-corrected chi connectivity index (χ2v) is 5.99. The zero-order valence-electron chi connectivity index (χ0n) is 13.6. The van der Waals surface area contributed by atoms with Crippen LogP contribution in [0.15, 0.2) is 91.0 Å². The van der Waals surface area contributed by atoms with E-state index >= 15 is 0 Å². The molecule has 0 atom stereocenters. The van der Waals surface area contributed by atoms with Crippen LogP contribution in [0.4, 0.5) is 0 Å². The standard InChI is InChI=1S/C23H17NO/c24-23(25)20-15-18-13-7-8-14-19(18)21(16-9-3-1-4-10-16)22(20)17-11-5-2-6-12-17/h1-15H,(H2,24,25). The Bertz CT molecular complexity index is 1050. The molecule has 0 bridgehead atoms. The Morgan fingerprint density at radius 3 is 1.76 bits per heavy atom. The highest BCUT2D eigenvalue weighted by molar-refractivity contribution is 6.13. The fourth-order valence-electron chi connectivity index (χ4n) is 3.35. The molecule has 4 rings (SSSR count). The Kier molecular flexibility index (Phi) is 3.79. The lowest BCUT2D eigenvalue weighted by atomic mass is 9.86. The van der Waals surface area contributed by atoms with Gasteiger partial charge in [-0.15, -0.1) is 0 Å². The van der Waals surface area contributed by atoms with Crippen molar-refractivity contribution in [1.82, 2.24) is 0 Å². The number of hydrogen-bond acceptors (Lipinski definition) is 1. The maximum Gasteiger partial charge on any atom is 0.249 e. The summed E-state index contributed by atoms with van der Waals surface area (Å²) < 4.78 is 0. The molecule has 0 heterocycles. The highest BCUT2D eigenvalue weighted by atomic mass is 16.1. The lowest BCUT2D eigenvalue weighted by molar-refractivity contribution is 0.100. The molecule has 0 fully saturated rings. The molecular formula is C23H17NO. The summed E-state index contributed by atoms with van der Waals surface area (Å²) in [5.74, 6) is -0.415. The molecule has 0 aliphatic rings. The van der Waals surface area contributed by atoms with Crippen LogP contribution >= 0.6 is 0 Å². The van der Waals surface area contributed by atoms with E-state index in [-0.39, 0.29) is 0 Å². The van der Waals surface area contributed by atoms with E-state index in [0.717, 1.165) is 33.0 Å². The number of amides is 1. The minimum atomic E-state index is -0.415. The van der Waals surface area contributed by atoms with Crippen molar-refractivity contribution in [2.45, 2.75) is 0 Å². The predicted molar refractivity (Wildman–Crippen MR) is 103 cm³/mol. The first-order valence-electron chi connectivity index (χ1n) is 8.22. The number of hydrogen-bond donors (Lipinski definition) is 1. The minimum Gasteiger partial charge on any atom is -0.366 e. The summed E-state index contributed by atoms with van der Waals surface area (Å²) in [6, 6.07) is 30.1. The van der Waals surface area contributed by atoms with Crippen LogP contribution < -0.4 is 5.73 Å². The molecule has 0 saturated carbocycles. The van der Waals surface area contributed by atoms with Crippen LogP contribution in [0.5, 0.6) is 0 Å². The van der Waals surface area contributed by atoms with Gasteiger partial charge < -0.3 is 5.73 Å². The number of carbonyl (C=O) groups excluding carboxylic acids is 1. The Morgan fingerprint density at radius 1 is 0.640 bits per heavy atom. The monoisotopic (exact) mass is 323 g/mol. The highest BCUT2D eigenvalue weighted by Gasteiger charge is 2.19. The maximum absolute atomic E-state index is 12.2. The second kappa shape index (κ2) is 6.25. The summed E-state index contributed by atoms with van der Waals surface area (Å²) >= 11 is 0. The van der Waals surface area contributed by atoms with E-state index in [1.807, 2.05) is 72.8 Å². The van der Waals surface area contributed by atoms with Crippen molar-refractivity contribution in [2.24, 2.45) is 5.73 Å². The van der Waals surface area contributed by atoms with Crippen molar-refractivity contribution in [3.63, 3.8) is 0 Å². The molecule has 2 nitrogen and oxygen atoms in total. The molecule has 4 aromatic rings. The van der Waals surface area contributed by atoms with Crippen LogP contribution in [0.2, 0.25) is 0 Å². The largest absolute Gasteiger partial charge is 0.366 e. The Hall–Kier alpha value is -3.39. The average Bonchev–Trinajstić information content (AvgIpc) is 2.67. The van der Waals surface area contributed by atoms with Crippen LogP contribution in [-0.2, 0) is 0 Å². The van der Waals surface area contributed by atoms with Gasteiger partial charge in [0, 0.05) is 11.1 Å². The lowest BCUT2D eigenvalue weighted by Crippen LogP contribution is -2.13. The van der Waals surface area contributed by atoms with Crippen LogP contribution in [0.1, 0.15) is 10.4 Å². The van der Waals surface area contributed by atoms with Gasteiger partial charge in [-0.2, -0.15) is 0 Å². The van der Waals surface area contributed by atoms with Gasteiger partial charge in [-0.1, -0.05) is 84.9 Å². The van der Waals surface area contributed by atoms with Crippen LogP contribution in [-0.4, -0.2) is 5.91 Å². The van der Waals surface area contributed by atoms with Crippen molar-refractivity contribution >= 4 is 16.7 Å². The third-order valence-corrected chi connectivity index (χ3v) is 4.44. The van der Waals surface area contributed by atoms with Crippen LogP contribution in [0.3, 0.4) is 0 Å². The summed E-state index contributed by atoms with van der Waals surface area (Å²) in [6.45, 7) is 0. The van der Waals surface area contributed by atoms with E-state index < -0.39 is 5.91 Å². The first-order valence-corrected chi connectivity index (χ1v) is 8.22. The fourth-order valence-corrected chi connectivity index (χ4v) is 3.35. The topological polar surface area (TPSA) is 43.1 Å². The first-order chi connectivity index (χ1) is 12.3. The Balaban J connectivity index is 2.20. The Labute approximate surface area is 146 Å². The van der Waals surface area contributed by atoms with E-state index in [2.05, 4.69) is 18.2 Å². The quantitative estimate of drug-likeness (QED) is 0.548. The fraction of sp³-hybridized carbons (Fsp3) is 0. The molecule has 1 amide bonds. The summed E-state index contributed by atoms with van der Waals surface area (Å²) in [4.78, 5) is 12.2. The molecule has 4 aromatic carbocycles. The molecule has 120 valence electrons. The summed E-state index contributed by atoms with van der Waals surface area (Å²) in [5, 5.41) is 2.12. The van der Waals surface area contributed by atoms with Gasteiger partial charge in [-0.25, -0.2) is 0 Å². The second-order valence-electron chi connectivity index (χ2n) is 5.99. The lowest BCUT2D eigenvalue weighted by Gasteiger charge is -2.17.